The van der Waals surface area contributed by atoms with Crippen LogP contribution in [0.3, 0.4) is 0 Å². The number of ether oxygens (including phenoxy) is 1. The average molecular weight is 391 g/mol. The summed E-state index contributed by atoms with van der Waals surface area (Å²) in [6, 6.07) is 19.3. The van der Waals surface area contributed by atoms with E-state index >= 15 is 0 Å². The van der Waals surface area contributed by atoms with E-state index in [1.165, 1.54) is 11.3 Å². The normalized spacial score (nSPS) is 10.9. The Balaban J connectivity index is 1.63. The number of carbonyl (C=O) groups excluding carboxylic acids is 1. The van der Waals surface area contributed by atoms with Crippen molar-refractivity contribution in [3.63, 3.8) is 0 Å². The maximum absolute atomic E-state index is 12.7. The van der Waals surface area contributed by atoms with Gasteiger partial charge in [0, 0.05) is 18.3 Å². The van der Waals surface area contributed by atoms with Crippen LogP contribution in [0.1, 0.15) is 23.0 Å². The summed E-state index contributed by atoms with van der Waals surface area (Å²) >= 11 is 1.45. The van der Waals surface area contributed by atoms with Crippen molar-refractivity contribution in [1.82, 2.24) is 9.55 Å². The van der Waals surface area contributed by atoms with E-state index < -0.39 is 0 Å². The third-order valence-corrected chi connectivity index (χ3v) is 5.56. The van der Waals surface area contributed by atoms with Gasteiger partial charge in [-0.2, -0.15) is 0 Å². The Bertz CT molecular complexity index is 1130. The van der Waals surface area contributed by atoms with Crippen molar-refractivity contribution < 1.29 is 9.53 Å². The van der Waals surface area contributed by atoms with Gasteiger partial charge in [0.1, 0.15) is 5.75 Å². The van der Waals surface area contributed by atoms with Crippen molar-refractivity contribution in [2.45, 2.75) is 19.9 Å². The van der Waals surface area contributed by atoms with Gasteiger partial charge in [-0.15, -0.1) is 11.3 Å². The number of para-hydroxylation sites is 2. The van der Waals surface area contributed by atoms with Crippen molar-refractivity contribution in [3.8, 4) is 16.5 Å². The molecule has 1 N–H and O–H groups in total. The Kier molecular flexibility index (Phi) is 5.12. The van der Waals surface area contributed by atoms with Crippen LogP contribution in [0.2, 0.25) is 0 Å². The second kappa shape index (κ2) is 7.86. The van der Waals surface area contributed by atoms with Gasteiger partial charge in [-0.1, -0.05) is 25.1 Å². The molecule has 1 amide bonds. The molecular formula is C22H21N3O2S. The van der Waals surface area contributed by atoms with Crippen molar-refractivity contribution in [2.24, 2.45) is 0 Å². The van der Waals surface area contributed by atoms with E-state index in [9.17, 15) is 4.79 Å². The molecule has 28 heavy (non-hydrogen) atoms. The number of hydrogen-bond acceptors (Lipinski definition) is 4. The molecule has 0 saturated heterocycles. The van der Waals surface area contributed by atoms with Gasteiger partial charge < -0.3 is 14.6 Å². The Labute approximate surface area is 167 Å². The standard InChI is InChI=1S/C22H21N3O2S/c1-3-13-25-18-10-5-4-9-17(18)24-21(25)19-11-12-20(28-19)22(26)23-15-7-6-8-16(14-15)27-2/h4-12,14H,3,13H2,1-2H3,(H,23,26). The third-order valence-electron chi connectivity index (χ3n) is 4.48. The molecule has 142 valence electrons. The van der Waals surface area contributed by atoms with Crippen LogP contribution in [0.25, 0.3) is 21.7 Å². The molecule has 0 fully saturated rings. The van der Waals surface area contributed by atoms with E-state index in [2.05, 4.69) is 22.9 Å². The van der Waals surface area contributed by atoms with Crippen molar-refractivity contribution in [1.29, 1.82) is 0 Å². The monoisotopic (exact) mass is 391 g/mol. The molecular weight excluding hydrogens is 370 g/mol. The average Bonchev–Trinajstić information content (AvgIpc) is 3.34. The Morgan fingerprint density at radius 3 is 2.82 bits per heavy atom. The van der Waals surface area contributed by atoms with Crippen molar-refractivity contribution in [3.05, 3.63) is 65.5 Å². The summed E-state index contributed by atoms with van der Waals surface area (Å²) in [6.45, 7) is 3.04. The zero-order valence-electron chi connectivity index (χ0n) is 15.8. The molecule has 0 spiro atoms. The first-order valence-corrected chi connectivity index (χ1v) is 10.0. The van der Waals surface area contributed by atoms with Crippen LogP contribution in [0.15, 0.2) is 60.7 Å². The molecule has 2 heterocycles. The highest BCUT2D eigenvalue weighted by atomic mass is 32.1. The lowest BCUT2D eigenvalue weighted by molar-refractivity contribution is 0.103. The van der Waals surface area contributed by atoms with Crippen LogP contribution in [0.5, 0.6) is 5.75 Å². The summed E-state index contributed by atoms with van der Waals surface area (Å²) in [4.78, 5) is 19.1. The number of aromatic nitrogens is 2. The van der Waals surface area contributed by atoms with E-state index in [4.69, 9.17) is 9.72 Å². The number of imidazole rings is 1. The minimum absolute atomic E-state index is 0.136. The number of rotatable bonds is 6. The summed E-state index contributed by atoms with van der Waals surface area (Å²) in [5.41, 5.74) is 2.80. The highest BCUT2D eigenvalue weighted by molar-refractivity contribution is 7.17. The predicted molar refractivity (Wildman–Crippen MR) is 114 cm³/mol. The van der Waals surface area contributed by atoms with E-state index in [1.54, 1.807) is 13.2 Å². The molecule has 4 rings (SSSR count). The molecule has 0 saturated carbocycles. The SMILES string of the molecule is CCCn1c(-c2ccc(C(=O)Nc3cccc(OC)c3)s2)nc2ccccc21. The third kappa shape index (κ3) is 3.51. The van der Waals surface area contributed by atoms with Gasteiger partial charge in [-0.3, -0.25) is 4.79 Å². The minimum atomic E-state index is -0.136. The largest absolute Gasteiger partial charge is 0.497 e. The number of thiophene rings is 1. The lowest BCUT2D eigenvalue weighted by Crippen LogP contribution is -2.09. The number of amides is 1. The molecule has 2 aromatic carbocycles. The van der Waals surface area contributed by atoms with Gasteiger partial charge in [0.05, 0.1) is 27.9 Å². The fourth-order valence-electron chi connectivity index (χ4n) is 3.19. The molecule has 0 atom stereocenters. The molecule has 0 aliphatic rings. The number of methoxy groups -OCH3 is 1. The molecule has 2 aromatic heterocycles. The summed E-state index contributed by atoms with van der Waals surface area (Å²) < 4.78 is 7.44. The van der Waals surface area contributed by atoms with Crippen LogP contribution in [0.4, 0.5) is 5.69 Å². The van der Waals surface area contributed by atoms with E-state index in [0.29, 0.717) is 16.3 Å². The van der Waals surface area contributed by atoms with Gasteiger partial charge in [-0.25, -0.2) is 4.98 Å². The lowest BCUT2D eigenvalue weighted by atomic mass is 10.3. The highest BCUT2D eigenvalue weighted by Crippen LogP contribution is 2.31. The molecule has 0 unspecified atom stereocenters. The number of carbonyl (C=O) groups is 1. The number of anilines is 1. The van der Waals surface area contributed by atoms with E-state index in [1.807, 2.05) is 48.5 Å². The van der Waals surface area contributed by atoms with Crippen LogP contribution >= 0.6 is 11.3 Å². The number of hydrogen-bond donors (Lipinski definition) is 1. The Hall–Kier alpha value is -3.12. The van der Waals surface area contributed by atoms with Gasteiger partial charge in [0.2, 0.25) is 0 Å². The van der Waals surface area contributed by atoms with Crippen molar-refractivity contribution >= 4 is 34.0 Å². The number of benzene rings is 2. The molecule has 0 aliphatic heterocycles. The van der Waals surface area contributed by atoms with Gasteiger partial charge in [0.25, 0.3) is 5.91 Å². The number of nitrogens with one attached hydrogen (secondary N) is 1. The fourth-order valence-corrected chi connectivity index (χ4v) is 4.09. The second-order valence-electron chi connectivity index (χ2n) is 6.43. The van der Waals surface area contributed by atoms with Crippen LogP contribution in [0, 0.1) is 0 Å². The lowest BCUT2D eigenvalue weighted by Gasteiger charge is -2.06. The topological polar surface area (TPSA) is 56.2 Å². The van der Waals surface area contributed by atoms with Gasteiger partial charge >= 0.3 is 0 Å². The molecule has 0 aliphatic carbocycles. The first-order valence-electron chi connectivity index (χ1n) is 9.20. The Morgan fingerprint density at radius 2 is 2.00 bits per heavy atom. The molecule has 0 radical (unpaired) electrons. The van der Waals surface area contributed by atoms with Crippen LogP contribution in [-0.2, 0) is 6.54 Å². The number of aryl methyl sites for hydroxylation is 1. The zero-order valence-corrected chi connectivity index (χ0v) is 16.6. The van der Waals surface area contributed by atoms with E-state index in [-0.39, 0.29) is 5.91 Å². The predicted octanol–water partition coefficient (Wildman–Crippen LogP) is 5.44. The first kappa shape index (κ1) is 18.3. The fraction of sp³-hybridized carbons (Fsp3) is 0.182. The van der Waals surface area contributed by atoms with Crippen LogP contribution < -0.4 is 10.1 Å². The van der Waals surface area contributed by atoms with Crippen LogP contribution in [-0.4, -0.2) is 22.6 Å². The van der Waals surface area contributed by atoms with Gasteiger partial charge in [-0.05, 0) is 42.8 Å². The molecule has 4 aromatic rings. The maximum atomic E-state index is 12.7. The smallest absolute Gasteiger partial charge is 0.265 e. The zero-order chi connectivity index (χ0) is 19.5. The second-order valence-corrected chi connectivity index (χ2v) is 7.51. The minimum Gasteiger partial charge on any atom is -0.497 e. The highest BCUT2D eigenvalue weighted by Gasteiger charge is 2.16. The number of fused-ring (bicyclic) bond motifs is 1. The summed E-state index contributed by atoms with van der Waals surface area (Å²) in [6.07, 6.45) is 1.02. The van der Waals surface area contributed by atoms with E-state index in [0.717, 1.165) is 34.7 Å². The summed E-state index contributed by atoms with van der Waals surface area (Å²) in [7, 11) is 1.61. The van der Waals surface area contributed by atoms with Gasteiger partial charge in [0.15, 0.2) is 5.82 Å². The quantitative estimate of drug-likeness (QED) is 0.476. The Morgan fingerprint density at radius 1 is 1.14 bits per heavy atom. The number of nitrogens with zero attached hydrogens (tertiary/aromatic N) is 2. The summed E-state index contributed by atoms with van der Waals surface area (Å²) in [5.74, 6) is 1.48. The maximum Gasteiger partial charge on any atom is 0.265 e. The summed E-state index contributed by atoms with van der Waals surface area (Å²) in [5, 5.41) is 2.93. The van der Waals surface area contributed by atoms with Crippen molar-refractivity contribution in [2.75, 3.05) is 12.4 Å². The molecule has 5 nitrogen and oxygen atoms in total. The first-order chi connectivity index (χ1) is 13.7. The molecule has 0 bridgehead atoms. The molecule has 6 heteroatoms.